The number of nitrogens with zero attached hydrogens (tertiary/aromatic N) is 3. The van der Waals surface area contributed by atoms with Crippen LogP contribution in [0, 0.1) is 6.92 Å². The maximum atomic E-state index is 4.55. The van der Waals surface area contributed by atoms with Crippen molar-refractivity contribution in [2.75, 3.05) is 31.1 Å². The van der Waals surface area contributed by atoms with Crippen molar-refractivity contribution >= 4 is 21.7 Å². The summed E-state index contributed by atoms with van der Waals surface area (Å²) < 4.78 is 1.12. The van der Waals surface area contributed by atoms with Crippen molar-refractivity contribution in [2.45, 2.75) is 25.8 Å². The number of halogens is 1. The maximum Gasteiger partial charge on any atom is 0.142 e. The highest BCUT2D eigenvalue weighted by Gasteiger charge is 2.31. The molecule has 0 atom stereocenters. The Morgan fingerprint density at radius 3 is 2.53 bits per heavy atom. The molecule has 1 saturated carbocycles. The van der Waals surface area contributed by atoms with Crippen LogP contribution in [0.2, 0.25) is 0 Å². The monoisotopic (exact) mass is 295 g/mol. The van der Waals surface area contributed by atoms with Gasteiger partial charge in [0.1, 0.15) is 5.82 Å². The van der Waals surface area contributed by atoms with Crippen LogP contribution < -0.4 is 4.90 Å². The van der Waals surface area contributed by atoms with Gasteiger partial charge in [-0.25, -0.2) is 4.98 Å². The van der Waals surface area contributed by atoms with E-state index in [4.69, 9.17) is 0 Å². The summed E-state index contributed by atoms with van der Waals surface area (Å²) in [4.78, 5) is 9.56. The summed E-state index contributed by atoms with van der Waals surface area (Å²) in [5.41, 5.74) is 1.21. The molecule has 0 aromatic carbocycles. The molecule has 92 valence electrons. The molecule has 1 aromatic heterocycles. The van der Waals surface area contributed by atoms with Crippen molar-refractivity contribution in [2.24, 2.45) is 0 Å². The van der Waals surface area contributed by atoms with Crippen LogP contribution in [0.25, 0.3) is 0 Å². The van der Waals surface area contributed by atoms with Crippen molar-refractivity contribution in [3.8, 4) is 0 Å². The van der Waals surface area contributed by atoms with Gasteiger partial charge in [-0.3, -0.25) is 4.90 Å². The van der Waals surface area contributed by atoms with Gasteiger partial charge in [0.15, 0.2) is 0 Å². The highest BCUT2D eigenvalue weighted by molar-refractivity contribution is 9.10. The predicted octanol–water partition coefficient (Wildman–Crippen LogP) is 2.44. The normalized spacial score (nSPS) is 21.9. The number of aryl methyl sites for hydroxylation is 1. The van der Waals surface area contributed by atoms with E-state index < -0.39 is 0 Å². The summed E-state index contributed by atoms with van der Waals surface area (Å²) in [7, 11) is 0. The van der Waals surface area contributed by atoms with E-state index in [0.717, 1.165) is 29.4 Å². The van der Waals surface area contributed by atoms with Crippen molar-refractivity contribution in [1.29, 1.82) is 0 Å². The maximum absolute atomic E-state index is 4.55. The van der Waals surface area contributed by atoms with Gasteiger partial charge in [0, 0.05) is 38.4 Å². The molecular weight excluding hydrogens is 278 g/mol. The number of aromatic nitrogens is 1. The fourth-order valence-corrected chi connectivity index (χ4v) is 3.21. The lowest BCUT2D eigenvalue weighted by molar-refractivity contribution is 0.247. The molecule has 2 fully saturated rings. The zero-order valence-corrected chi connectivity index (χ0v) is 11.8. The van der Waals surface area contributed by atoms with E-state index in [1.165, 1.54) is 31.5 Å². The second-order valence-electron chi connectivity index (χ2n) is 5.07. The van der Waals surface area contributed by atoms with E-state index in [9.17, 15) is 0 Å². The molecule has 1 aromatic rings. The summed E-state index contributed by atoms with van der Waals surface area (Å²) in [6, 6.07) is 3.04. The Hall–Kier alpha value is -0.610. The van der Waals surface area contributed by atoms with Crippen molar-refractivity contribution in [1.82, 2.24) is 9.88 Å². The lowest BCUT2D eigenvalue weighted by Gasteiger charge is -2.35. The SMILES string of the molecule is Cc1cnc(N2CCN(C3CC3)CC2)c(Br)c1. The van der Waals surface area contributed by atoms with Gasteiger partial charge >= 0.3 is 0 Å². The number of hydrogen-bond acceptors (Lipinski definition) is 3. The first-order chi connectivity index (χ1) is 8.24. The minimum Gasteiger partial charge on any atom is -0.353 e. The average Bonchev–Trinajstić information content (AvgIpc) is 3.13. The summed E-state index contributed by atoms with van der Waals surface area (Å²) in [5.74, 6) is 1.10. The molecule has 1 aliphatic carbocycles. The van der Waals surface area contributed by atoms with Crippen molar-refractivity contribution in [3.63, 3.8) is 0 Å². The van der Waals surface area contributed by atoms with Gasteiger partial charge < -0.3 is 4.90 Å². The van der Waals surface area contributed by atoms with Gasteiger partial charge in [-0.2, -0.15) is 0 Å². The molecule has 17 heavy (non-hydrogen) atoms. The number of rotatable bonds is 2. The second-order valence-corrected chi connectivity index (χ2v) is 5.93. The topological polar surface area (TPSA) is 19.4 Å². The molecule has 3 nitrogen and oxygen atoms in total. The molecule has 2 heterocycles. The highest BCUT2D eigenvalue weighted by atomic mass is 79.9. The molecule has 0 spiro atoms. The Morgan fingerprint density at radius 1 is 1.24 bits per heavy atom. The van der Waals surface area contributed by atoms with Crippen LogP contribution in [0.3, 0.4) is 0 Å². The number of anilines is 1. The summed E-state index contributed by atoms with van der Waals surface area (Å²) in [6.45, 7) is 6.65. The third-order valence-corrected chi connectivity index (χ3v) is 4.22. The fourth-order valence-electron chi connectivity index (χ4n) is 2.50. The van der Waals surface area contributed by atoms with Gasteiger partial charge in [0.25, 0.3) is 0 Å². The summed E-state index contributed by atoms with van der Waals surface area (Å²) in [6.07, 6.45) is 4.77. The Kier molecular flexibility index (Phi) is 3.09. The first kappa shape index (κ1) is 11.5. The van der Waals surface area contributed by atoms with Crippen LogP contribution in [0.5, 0.6) is 0 Å². The Labute approximate surface area is 111 Å². The molecule has 3 rings (SSSR count). The van der Waals surface area contributed by atoms with Gasteiger partial charge in [0.2, 0.25) is 0 Å². The molecule has 4 heteroatoms. The lowest BCUT2D eigenvalue weighted by atomic mass is 10.2. The van der Waals surface area contributed by atoms with Gasteiger partial charge in [-0.05, 0) is 47.3 Å². The van der Waals surface area contributed by atoms with Gasteiger partial charge in [-0.1, -0.05) is 0 Å². The zero-order valence-electron chi connectivity index (χ0n) is 10.2. The molecule has 0 radical (unpaired) electrons. The van der Waals surface area contributed by atoms with Crippen LogP contribution in [-0.4, -0.2) is 42.1 Å². The van der Waals surface area contributed by atoms with Crippen LogP contribution >= 0.6 is 15.9 Å². The molecule has 1 aliphatic heterocycles. The molecule has 0 bridgehead atoms. The van der Waals surface area contributed by atoms with E-state index in [0.29, 0.717) is 0 Å². The number of hydrogen-bond donors (Lipinski definition) is 0. The standard InChI is InChI=1S/C13H18BrN3/c1-10-8-12(14)13(15-9-10)17-6-4-16(5-7-17)11-2-3-11/h8-9,11H,2-7H2,1H3. The largest absolute Gasteiger partial charge is 0.353 e. The third-order valence-electron chi connectivity index (χ3n) is 3.64. The van der Waals surface area contributed by atoms with E-state index in [1.54, 1.807) is 0 Å². The minimum absolute atomic E-state index is 0.895. The first-order valence-electron chi connectivity index (χ1n) is 6.35. The number of pyridine rings is 1. The Balaban J connectivity index is 1.68. The van der Waals surface area contributed by atoms with E-state index in [-0.39, 0.29) is 0 Å². The van der Waals surface area contributed by atoms with Gasteiger partial charge in [0.05, 0.1) is 4.47 Å². The van der Waals surface area contributed by atoms with E-state index in [2.05, 4.69) is 43.7 Å². The van der Waals surface area contributed by atoms with E-state index in [1.807, 2.05) is 6.20 Å². The first-order valence-corrected chi connectivity index (χ1v) is 7.14. The molecule has 0 N–H and O–H groups in total. The van der Waals surface area contributed by atoms with E-state index >= 15 is 0 Å². The third kappa shape index (κ3) is 2.47. The molecule has 1 saturated heterocycles. The highest BCUT2D eigenvalue weighted by Crippen LogP contribution is 2.30. The van der Waals surface area contributed by atoms with Crippen molar-refractivity contribution < 1.29 is 0 Å². The smallest absolute Gasteiger partial charge is 0.142 e. The lowest BCUT2D eigenvalue weighted by Crippen LogP contribution is -2.47. The van der Waals surface area contributed by atoms with Gasteiger partial charge in [-0.15, -0.1) is 0 Å². The quantitative estimate of drug-likeness (QED) is 0.835. The molecular formula is C13H18BrN3. The average molecular weight is 296 g/mol. The summed E-state index contributed by atoms with van der Waals surface area (Å²) in [5, 5.41) is 0. The molecule has 2 aliphatic rings. The second kappa shape index (κ2) is 4.58. The molecule has 0 unspecified atom stereocenters. The number of piperazine rings is 1. The van der Waals surface area contributed by atoms with Crippen LogP contribution in [0.4, 0.5) is 5.82 Å². The van der Waals surface area contributed by atoms with Crippen molar-refractivity contribution in [3.05, 3.63) is 22.3 Å². The minimum atomic E-state index is 0.895. The molecule has 0 amide bonds. The predicted molar refractivity (Wildman–Crippen MR) is 73.5 cm³/mol. The zero-order chi connectivity index (χ0) is 11.8. The summed E-state index contributed by atoms with van der Waals surface area (Å²) >= 11 is 3.62. The van der Waals surface area contributed by atoms with Crippen LogP contribution in [0.1, 0.15) is 18.4 Å². The Morgan fingerprint density at radius 2 is 1.94 bits per heavy atom. The van der Waals surface area contributed by atoms with Crippen LogP contribution in [-0.2, 0) is 0 Å². The van der Waals surface area contributed by atoms with Crippen LogP contribution in [0.15, 0.2) is 16.7 Å². The Bertz CT molecular complexity index is 409. The fraction of sp³-hybridized carbons (Fsp3) is 0.615.